The summed E-state index contributed by atoms with van der Waals surface area (Å²) in [5.74, 6) is 1.15. The van der Waals surface area contributed by atoms with E-state index in [1.165, 1.54) is 6.07 Å². The van der Waals surface area contributed by atoms with E-state index in [-0.39, 0.29) is 18.1 Å². The van der Waals surface area contributed by atoms with Crippen molar-refractivity contribution in [1.82, 2.24) is 10.2 Å². The van der Waals surface area contributed by atoms with Gasteiger partial charge in [-0.15, -0.1) is 0 Å². The van der Waals surface area contributed by atoms with Crippen molar-refractivity contribution in [2.75, 3.05) is 26.2 Å². The molecular weight excluding hydrogens is 405 g/mol. The van der Waals surface area contributed by atoms with Gasteiger partial charge in [-0.2, -0.15) is 13.2 Å². The maximum absolute atomic E-state index is 12.8. The Hall–Kier alpha value is -1.60. The molecule has 0 radical (unpaired) electrons. The standard InChI is InChI=1S/C24H35F3N2O2/c1-23(2)15-20(10-13-31-23)17-29-11-8-18(9-12-29)6-7-22(30)28-16-19-4-3-5-21(14-19)24(25,26)27/h3-5,14,18,20H,6-13,15-17H2,1-2H3,(H,28,30)/t20-/m1/s1. The lowest BCUT2D eigenvalue weighted by Crippen LogP contribution is -2.42. The average Bonchev–Trinajstić information content (AvgIpc) is 2.70. The van der Waals surface area contributed by atoms with Gasteiger partial charge in [-0.25, -0.2) is 0 Å². The number of halogens is 3. The predicted molar refractivity (Wildman–Crippen MR) is 114 cm³/mol. The molecule has 2 aliphatic rings. The highest BCUT2D eigenvalue weighted by Crippen LogP contribution is 2.31. The lowest BCUT2D eigenvalue weighted by Gasteiger charge is -2.39. The molecule has 174 valence electrons. The highest BCUT2D eigenvalue weighted by molar-refractivity contribution is 5.75. The number of alkyl halides is 3. The van der Waals surface area contributed by atoms with Crippen molar-refractivity contribution in [3.8, 4) is 0 Å². The van der Waals surface area contributed by atoms with Gasteiger partial charge in [0.2, 0.25) is 5.91 Å². The van der Waals surface area contributed by atoms with E-state index in [2.05, 4.69) is 24.1 Å². The van der Waals surface area contributed by atoms with Gasteiger partial charge in [-0.05, 0) is 88.6 Å². The molecule has 2 heterocycles. The molecule has 1 atom stereocenters. The van der Waals surface area contributed by atoms with Crippen molar-refractivity contribution < 1.29 is 22.7 Å². The first-order valence-corrected chi connectivity index (χ1v) is 11.4. The van der Waals surface area contributed by atoms with Gasteiger partial charge in [0.15, 0.2) is 0 Å². The number of nitrogens with one attached hydrogen (secondary N) is 1. The van der Waals surface area contributed by atoms with Crippen LogP contribution in [0.1, 0.15) is 63.5 Å². The molecule has 0 unspecified atom stereocenters. The summed E-state index contributed by atoms with van der Waals surface area (Å²) in [6.07, 6.45) is 1.36. The van der Waals surface area contributed by atoms with Crippen LogP contribution in [0.25, 0.3) is 0 Å². The molecule has 2 saturated heterocycles. The lowest BCUT2D eigenvalue weighted by molar-refractivity contribution is -0.137. The molecule has 1 aromatic rings. The van der Waals surface area contributed by atoms with E-state index in [0.717, 1.165) is 70.5 Å². The number of piperidine rings is 1. The number of nitrogens with zero attached hydrogens (tertiary/aromatic N) is 1. The Kier molecular flexibility index (Phi) is 8.03. The molecule has 0 aliphatic carbocycles. The Labute approximate surface area is 183 Å². The van der Waals surface area contributed by atoms with Crippen LogP contribution in [0.15, 0.2) is 24.3 Å². The number of hydrogen-bond donors (Lipinski definition) is 1. The third-order valence-electron chi connectivity index (χ3n) is 6.55. The van der Waals surface area contributed by atoms with E-state index in [1.54, 1.807) is 6.07 Å². The van der Waals surface area contributed by atoms with Crippen LogP contribution in [0.5, 0.6) is 0 Å². The fraction of sp³-hybridized carbons (Fsp3) is 0.708. The molecule has 3 rings (SSSR count). The van der Waals surface area contributed by atoms with Crippen LogP contribution >= 0.6 is 0 Å². The summed E-state index contributed by atoms with van der Waals surface area (Å²) in [4.78, 5) is 14.7. The minimum atomic E-state index is -4.37. The van der Waals surface area contributed by atoms with Crippen molar-refractivity contribution in [2.45, 2.75) is 70.7 Å². The molecule has 4 nitrogen and oxygen atoms in total. The van der Waals surface area contributed by atoms with E-state index < -0.39 is 11.7 Å². The van der Waals surface area contributed by atoms with Crippen molar-refractivity contribution in [3.63, 3.8) is 0 Å². The van der Waals surface area contributed by atoms with Crippen molar-refractivity contribution in [1.29, 1.82) is 0 Å². The second-order valence-electron chi connectivity index (χ2n) is 9.72. The quantitative estimate of drug-likeness (QED) is 0.647. The van der Waals surface area contributed by atoms with Gasteiger partial charge in [0, 0.05) is 26.1 Å². The Morgan fingerprint density at radius 2 is 1.94 bits per heavy atom. The number of benzene rings is 1. The number of carbonyl (C=O) groups excluding carboxylic acids is 1. The van der Waals surface area contributed by atoms with Gasteiger partial charge < -0.3 is 15.0 Å². The third kappa shape index (κ3) is 7.79. The van der Waals surface area contributed by atoms with Crippen LogP contribution in [-0.2, 0) is 22.3 Å². The number of carbonyl (C=O) groups is 1. The van der Waals surface area contributed by atoms with Gasteiger partial charge in [0.1, 0.15) is 0 Å². The Balaban J connectivity index is 1.33. The van der Waals surface area contributed by atoms with E-state index in [9.17, 15) is 18.0 Å². The van der Waals surface area contributed by atoms with Gasteiger partial charge >= 0.3 is 6.18 Å². The summed E-state index contributed by atoms with van der Waals surface area (Å²) in [6.45, 7) is 8.61. The van der Waals surface area contributed by atoms with E-state index in [1.807, 2.05) is 0 Å². The van der Waals surface area contributed by atoms with Crippen LogP contribution in [0.3, 0.4) is 0 Å². The van der Waals surface area contributed by atoms with Gasteiger partial charge in [0.05, 0.1) is 11.2 Å². The third-order valence-corrected chi connectivity index (χ3v) is 6.55. The van der Waals surface area contributed by atoms with Gasteiger partial charge in [-0.1, -0.05) is 12.1 Å². The minimum Gasteiger partial charge on any atom is -0.376 e. The second-order valence-corrected chi connectivity index (χ2v) is 9.72. The smallest absolute Gasteiger partial charge is 0.376 e. The first-order valence-electron chi connectivity index (χ1n) is 11.4. The molecule has 1 aromatic carbocycles. The van der Waals surface area contributed by atoms with Crippen molar-refractivity contribution in [3.05, 3.63) is 35.4 Å². The summed E-state index contributed by atoms with van der Waals surface area (Å²) in [7, 11) is 0. The van der Waals surface area contributed by atoms with Crippen molar-refractivity contribution >= 4 is 5.91 Å². The molecule has 31 heavy (non-hydrogen) atoms. The molecule has 0 spiro atoms. The molecular formula is C24H35F3N2O2. The predicted octanol–water partition coefficient (Wildman–Crippen LogP) is 5.02. The van der Waals surface area contributed by atoms with Gasteiger partial charge in [0.25, 0.3) is 0 Å². The van der Waals surface area contributed by atoms with Crippen LogP contribution < -0.4 is 5.32 Å². The summed E-state index contributed by atoms with van der Waals surface area (Å²) < 4.78 is 44.2. The number of likely N-dealkylation sites (tertiary alicyclic amines) is 1. The van der Waals surface area contributed by atoms with Crippen LogP contribution in [-0.4, -0.2) is 42.6 Å². The zero-order valence-corrected chi connectivity index (χ0v) is 18.6. The Bertz CT molecular complexity index is 728. The van der Waals surface area contributed by atoms with E-state index in [0.29, 0.717) is 23.8 Å². The molecule has 2 fully saturated rings. The summed E-state index contributed by atoms with van der Waals surface area (Å²) in [6, 6.07) is 5.11. The monoisotopic (exact) mass is 440 g/mol. The Morgan fingerprint density at radius 3 is 2.61 bits per heavy atom. The molecule has 0 aromatic heterocycles. The second kappa shape index (κ2) is 10.3. The van der Waals surface area contributed by atoms with Crippen molar-refractivity contribution in [2.24, 2.45) is 11.8 Å². The molecule has 2 aliphatic heterocycles. The molecule has 7 heteroatoms. The first kappa shape index (κ1) is 24.1. The Morgan fingerprint density at radius 1 is 1.19 bits per heavy atom. The van der Waals surface area contributed by atoms with Crippen LogP contribution in [0.2, 0.25) is 0 Å². The number of rotatable bonds is 7. The maximum atomic E-state index is 12.8. The highest BCUT2D eigenvalue weighted by atomic mass is 19.4. The summed E-state index contributed by atoms with van der Waals surface area (Å²) >= 11 is 0. The summed E-state index contributed by atoms with van der Waals surface area (Å²) in [5, 5.41) is 2.76. The fourth-order valence-corrected chi connectivity index (χ4v) is 4.82. The van der Waals surface area contributed by atoms with Crippen LogP contribution in [0, 0.1) is 11.8 Å². The summed E-state index contributed by atoms with van der Waals surface area (Å²) in [5.41, 5.74) is -0.231. The largest absolute Gasteiger partial charge is 0.416 e. The topological polar surface area (TPSA) is 41.6 Å². The number of ether oxygens (including phenoxy) is 1. The zero-order chi connectivity index (χ0) is 22.5. The zero-order valence-electron chi connectivity index (χ0n) is 18.6. The SMILES string of the molecule is CC1(C)C[C@H](CN2CCC(CCC(=O)NCc3cccc(C(F)(F)F)c3)CC2)CCO1. The number of amides is 1. The normalized spacial score (nSPS) is 22.9. The van der Waals surface area contributed by atoms with Crippen LogP contribution in [0.4, 0.5) is 13.2 Å². The fourth-order valence-electron chi connectivity index (χ4n) is 4.82. The molecule has 1 amide bonds. The first-order chi connectivity index (χ1) is 14.6. The molecule has 0 saturated carbocycles. The van der Waals surface area contributed by atoms with Gasteiger partial charge in [-0.3, -0.25) is 4.79 Å². The lowest BCUT2D eigenvalue weighted by atomic mass is 9.86. The maximum Gasteiger partial charge on any atom is 0.416 e. The average molecular weight is 441 g/mol. The highest BCUT2D eigenvalue weighted by Gasteiger charge is 2.31. The van der Waals surface area contributed by atoms with E-state index >= 15 is 0 Å². The number of hydrogen-bond acceptors (Lipinski definition) is 3. The molecule has 0 bridgehead atoms. The minimum absolute atomic E-state index is 0.0112. The molecule has 1 N–H and O–H groups in total. The van der Waals surface area contributed by atoms with E-state index in [4.69, 9.17) is 4.74 Å².